The molecule has 0 spiro atoms. The van der Waals surface area contributed by atoms with Crippen LogP contribution in [-0.4, -0.2) is 25.7 Å². The lowest BCUT2D eigenvalue weighted by atomic mass is 9.80. The van der Waals surface area contributed by atoms with E-state index in [4.69, 9.17) is 14.2 Å². The Hall–Kier alpha value is -2.04. The van der Waals surface area contributed by atoms with Crippen LogP contribution in [-0.2, 0) is 24.7 Å². The maximum atomic E-state index is 12.1. The smallest absolute Gasteiger partial charge is 0.313 e. The van der Waals surface area contributed by atoms with E-state index in [1.54, 1.807) is 33.1 Å². The lowest BCUT2D eigenvalue weighted by Crippen LogP contribution is -2.39. The molecular weight excluding hydrogens is 272 g/mol. The van der Waals surface area contributed by atoms with Crippen molar-refractivity contribution in [2.24, 2.45) is 5.92 Å². The molecule has 1 aliphatic heterocycles. The van der Waals surface area contributed by atoms with Crippen molar-refractivity contribution in [2.75, 3.05) is 13.7 Å². The molecule has 1 fully saturated rings. The van der Waals surface area contributed by atoms with Gasteiger partial charge in [-0.25, -0.2) is 0 Å². The molecule has 1 heterocycles. The highest BCUT2D eigenvalue weighted by Crippen LogP contribution is 2.44. The fraction of sp³-hybridized carbons (Fsp3) is 0.500. The molecule has 114 valence electrons. The van der Waals surface area contributed by atoms with E-state index in [9.17, 15) is 9.59 Å². The number of rotatable bonds is 5. The molecule has 1 saturated heterocycles. The van der Waals surface area contributed by atoms with Crippen molar-refractivity contribution in [1.82, 2.24) is 0 Å². The fourth-order valence-electron chi connectivity index (χ4n) is 2.68. The molecule has 0 radical (unpaired) electrons. The summed E-state index contributed by atoms with van der Waals surface area (Å²) in [6, 6.07) is 7.24. The third-order valence-electron chi connectivity index (χ3n) is 3.91. The van der Waals surface area contributed by atoms with Gasteiger partial charge < -0.3 is 14.2 Å². The topological polar surface area (TPSA) is 61.8 Å². The minimum Gasteiger partial charge on any atom is -0.497 e. The van der Waals surface area contributed by atoms with Gasteiger partial charge in [0.05, 0.1) is 19.6 Å². The van der Waals surface area contributed by atoms with Crippen LogP contribution in [0.4, 0.5) is 0 Å². The average Bonchev–Trinajstić information content (AvgIpc) is 2.90. The Balaban J connectivity index is 2.37. The number of hydrogen-bond donors (Lipinski definition) is 0. The van der Waals surface area contributed by atoms with Gasteiger partial charge in [0.2, 0.25) is 0 Å². The van der Waals surface area contributed by atoms with Crippen LogP contribution >= 0.6 is 0 Å². The SMILES string of the molecule is CCOC(=O)[C@@H](C)[C@]1(c2ccc(OC)cc2)CCC(=O)O1. The molecule has 0 saturated carbocycles. The number of carbonyl (C=O) groups is 2. The molecule has 5 heteroatoms. The van der Waals surface area contributed by atoms with Crippen molar-refractivity contribution in [3.05, 3.63) is 29.8 Å². The lowest BCUT2D eigenvalue weighted by Gasteiger charge is -2.33. The second-order valence-corrected chi connectivity index (χ2v) is 5.07. The van der Waals surface area contributed by atoms with E-state index in [-0.39, 0.29) is 11.9 Å². The zero-order valence-electron chi connectivity index (χ0n) is 12.5. The van der Waals surface area contributed by atoms with Gasteiger partial charge in [-0.05, 0) is 31.5 Å². The summed E-state index contributed by atoms with van der Waals surface area (Å²) in [6.07, 6.45) is 0.772. The van der Waals surface area contributed by atoms with Gasteiger partial charge in [-0.3, -0.25) is 9.59 Å². The molecule has 21 heavy (non-hydrogen) atoms. The zero-order valence-corrected chi connectivity index (χ0v) is 12.5. The first-order valence-corrected chi connectivity index (χ1v) is 7.06. The predicted octanol–water partition coefficient (Wildman–Crippen LogP) is 2.43. The van der Waals surface area contributed by atoms with E-state index in [1.807, 2.05) is 12.1 Å². The summed E-state index contributed by atoms with van der Waals surface area (Å²) in [5, 5.41) is 0. The molecule has 1 aromatic carbocycles. The maximum Gasteiger partial charge on any atom is 0.313 e. The van der Waals surface area contributed by atoms with Crippen molar-refractivity contribution in [2.45, 2.75) is 32.3 Å². The molecule has 2 atom stereocenters. The van der Waals surface area contributed by atoms with Crippen LogP contribution in [0.1, 0.15) is 32.3 Å². The second kappa shape index (κ2) is 6.16. The lowest BCUT2D eigenvalue weighted by molar-refractivity contribution is -0.167. The van der Waals surface area contributed by atoms with Crippen molar-refractivity contribution in [1.29, 1.82) is 0 Å². The third-order valence-corrected chi connectivity index (χ3v) is 3.91. The van der Waals surface area contributed by atoms with Gasteiger partial charge in [-0.2, -0.15) is 0 Å². The molecule has 1 aliphatic rings. The van der Waals surface area contributed by atoms with Gasteiger partial charge in [0.25, 0.3) is 0 Å². The third kappa shape index (κ3) is 2.86. The maximum absolute atomic E-state index is 12.1. The predicted molar refractivity (Wildman–Crippen MR) is 75.8 cm³/mol. The Morgan fingerprint density at radius 2 is 2.05 bits per heavy atom. The summed E-state index contributed by atoms with van der Waals surface area (Å²) >= 11 is 0. The molecule has 1 aromatic rings. The van der Waals surface area contributed by atoms with Crippen LogP contribution in [0.5, 0.6) is 5.75 Å². The van der Waals surface area contributed by atoms with E-state index in [1.165, 1.54) is 0 Å². The quantitative estimate of drug-likeness (QED) is 0.780. The van der Waals surface area contributed by atoms with Crippen molar-refractivity contribution in [3.8, 4) is 5.75 Å². The summed E-state index contributed by atoms with van der Waals surface area (Å²) in [5.41, 5.74) is -0.162. The molecule has 0 aliphatic carbocycles. The first kappa shape index (κ1) is 15.4. The molecule has 0 aromatic heterocycles. The van der Waals surface area contributed by atoms with Gasteiger partial charge in [-0.1, -0.05) is 12.1 Å². The summed E-state index contributed by atoms with van der Waals surface area (Å²) in [7, 11) is 1.58. The minimum absolute atomic E-state index is 0.290. The summed E-state index contributed by atoms with van der Waals surface area (Å²) in [4.78, 5) is 23.7. The van der Waals surface area contributed by atoms with Gasteiger partial charge in [0.15, 0.2) is 5.60 Å². The zero-order chi connectivity index (χ0) is 15.5. The molecule has 0 amide bonds. The normalized spacial score (nSPS) is 22.5. The van der Waals surface area contributed by atoms with Crippen molar-refractivity contribution < 1.29 is 23.8 Å². The number of esters is 2. The van der Waals surface area contributed by atoms with Crippen LogP contribution in [0.3, 0.4) is 0 Å². The van der Waals surface area contributed by atoms with Gasteiger partial charge in [-0.15, -0.1) is 0 Å². The van der Waals surface area contributed by atoms with Crippen LogP contribution in [0.25, 0.3) is 0 Å². The van der Waals surface area contributed by atoms with Crippen LogP contribution in [0.2, 0.25) is 0 Å². The highest BCUT2D eigenvalue weighted by Gasteiger charge is 2.50. The van der Waals surface area contributed by atoms with Gasteiger partial charge >= 0.3 is 11.9 Å². The first-order valence-electron chi connectivity index (χ1n) is 7.06. The second-order valence-electron chi connectivity index (χ2n) is 5.07. The largest absolute Gasteiger partial charge is 0.497 e. The molecule has 0 N–H and O–H groups in total. The molecule has 0 unspecified atom stereocenters. The van der Waals surface area contributed by atoms with Crippen molar-refractivity contribution >= 4 is 11.9 Å². The number of cyclic esters (lactones) is 1. The summed E-state index contributed by atoms with van der Waals surface area (Å²) < 4.78 is 15.8. The molecule has 2 rings (SSSR count). The number of methoxy groups -OCH3 is 1. The van der Waals surface area contributed by atoms with Crippen LogP contribution in [0, 0.1) is 5.92 Å². The minimum atomic E-state index is -0.949. The van der Waals surface area contributed by atoms with E-state index in [2.05, 4.69) is 0 Å². The fourth-order valence-corrected chi connectivity index (χ4v) is 2.68. The Kier molecular flexibility index (Phi) is 4.50. The van der Waals surface area contributed by atoms with Crippen LogP contribution in [0.15, 0.2) is 24.3 Å². The van der Waals surface area contributed by atoms with Crippen LogP contribution < -0.4 is 4.74 Å². The standard InChI is InChI=1S/C16H20O5/c1-4-20-15(18)11(2)16(10-9-14(17)21-16)12-5-7-13(19-3)8-6-12/h5-8,11H,4,9-10H2,1-3H3/t11-,16+/m1/s1. The summed E-state index contributed by atoms with van der Waals surface area (Å²) in [5.74, 6) is -0.496. The Bertz CT molecular complexity index is 522. The number of hydrogen-bond acceptors (Lipinski definition) is 5. The molecular formula is C16H20O5. The van der Waals surface area contributed by atoms with Gasteiger partial charge in [0, 0.05) is 12.8 Å². The summed E-state index contributed by atoms with van der Waals surface area (Å²) in [6.45, 7) is 3.79. The van der Waals surface area contributed by atoms with E-state index in [0.717, 1.165) is 5.56 Å². The number of benzene rings is 1. The Labute approximate surface area is 124 Å². The molecule has 5 nitrogen and oxygen atoms in total. The van der Waals surface area contributed by atoms with Crippen molar-refractivity contribution in [3.63, 3.8) is 0 Å². The number of carbonyl (C=O) groups excluding carboxylic acids is 2. The average molecular weight is 292 g/mol. The van der Waals surface area contributed by atoms with E-state index >= 15 is 0 Å². The first-order chi connectivity index (χ1) is 10.0. The van der Waals surface area contributed by atoms with Gasteiger partial charge in [0.1, 0.15) is 5.75 Å². The Morgan fingerprint density at radius 1 is 1.38 bits per heavy atom. The monoisotopic (exact) mass is 292 g/mol. The highest BCUT2D eigenvalue weighted by atomic mass is 16.6. The van der Waals surface area contributed by atoms with E-state index < -0.39 is 11.5 Å². The Morgan fingerprint density at radius 3 is 2.52 bits per heavy atom. The highest BCUT2D eigenvalue weighted by molar-refractivity contribution is 5.78. The molecule has 0 bridgehead atoms. The number of ether oxygens (including phenoxy) is 3. The van der Waals surface area contributed by atoms with E-state index in [0.29, 0.717) is 25.2 Å².